The van der Waals surface area contributed by atoms with Gasteiger partial charge in [0, 0.05) is 36.0 Å². The maximum absolute atomic E-state index is 13.2. The standard InChI is InChI=1S/C18H16F2N2O2/c19-15-8-7-14(11-16(15)20)21-17(23)12-3-5-13(6-4-12)18(24)22-9-1-2-10-22/h3-8,11H,1-2,9-10H2,(H,21,23). The number of carbonyl (C=O) groups excluding carboxylic acids is 2. The maximum Gasteiger partial charge on any atom is 0.255 e. The van der Waals surface area contributed by atoms with E-state index in [2.05, 4.69) is 5.32 Å². The Morgan fingerprint density at radius 2 is 1.50 bits per heavy atom. The second-order valence-electron chi connectivity index (χ2n) is 5.66. The zero-order valence-corrected chi connectivity index (χ0v) is 12.9. The molecule has 1 saturated heterocycles. The molecular weight excluding hydrogens is 314 g/mol. The SMILES string of the molecule is O=C(Nc1ccc(F)c(F)c1)c1ccc(C(=O)N2CCCC2)cc1. The van der Waals surface area contributed by atoms with E-state index in [1.54, 1.807) is 29.2 Å². The Morgan fingerprint density at radius 3 is 2.12 bits per heavy atom. The van der Waals surface area contributed by atoms with Gasteiger partial charge in [0.15, 0.2) is 11.6 Å². The molecule has 0 unspecified atom stereocenters. The van der Waals surface area contributed by atoms with Crippen molar-refractivity contribution < 1.29 is 18.4 Å². The van der Waals surface area contributed by atoms with E-state index in [4.69, 9.17) is 0 Å². The molecule has 0 aliphatic carbocycles. The molecule has 0 bridgehead atoms. The normalized spacial score (nSPS) is 13.8. The summed E-state index contributed by atoms with van der Waals surface area (Å²) in [6, 6.07) is 9.42. The van der Waals surface area contributed by atoms with Crippen LogP contribution in [0.15, 0.2) is 42.5 Å². The molecule has 0 aromatic heterocycles. The molecule has 0 spiro atoms. The monoisotopic (exact) mass is 330 g/mol. The quantitative estimate of drug-likeness (QED) is 0.937. The first kappa shape index (κ1) is 16.1. The number of halogens is 2. The number of likely N-dealkylation sites (tertiary alicyclic amines) is 1. The van der Waals surface area contributed by atoms with Crippen LogP contribution in [0.4, 0.5) is 14.5 Å². The van der Waals surface area contributed by atoms with Crippen LogP contribution in [-0.2, 0) is 0 Å². The number of carbonyl (C=O) groups is 2. The number of nitrogens with one attached hydrogen (secondary N) is 1. The second kappa shape index (κ2) is 6.78. The van der Waals surface area contributed by atoms with Gasteiger partial charge >= 0.3 is 0 Å². The van der Waals surface area contributed by atoms with Crippen LogP contribution in [0.1, 0.15) is 33.6 Å². The van der Waals surface area contributed by atoms with Gasteiger partial charge in [-0.2, -0.15) is 0 Å². The van der Waals surface area contributed by atoms with E-state index < -0.39 is 17.5 Å². The molecule has 124 valence electrons. The lowest BCUT2D eigenvalue weighted by molar-refractivity contribution is 0.0792. The number of hydrogen-bond donors (Lipinski definition) is 1. The molecule has 2 aromatic rings. The molecule has 24 heavy (non-hydrogen) atoms. The molecular formula is C18H16F2N2O2. The summed E-state index contributed by atoms with van der Waals surface area (Å²) in [5.41, 5.74) is 1.02. The molecule has 1 N–H and O–H groups in total. The first-order valence-electron chi connectivity index (χ1n) is 7.70. The molecule has 1 aliphatic heterocycles. The van der Waals surface area contributed by atoms with Crippen molar-refractivity contribution in [3.8, 4) is 0 Å². The molecule has 3 rings (SSSR count). The number of benzene rings is 2. The van der Waals surface area contributed by atoms with Gasteiger partial charge in [-0.05, 0) is 49.2 Å². The van der Waals surface area contributed by atoms with E-state index >= 15 is 0 Å². The third-order valence-electron chi connectivity index (χ3n) is 3.96. The summed E-state index contributed by atoms with van der Waals surface area (Å²) in [6.45, 7) is 1.52. The Bertz CT molecular complexity index is 769. The molecule has 1 aliphatic rings. The van der Waals surface area contributed by atoms with Crippen molar-refractivity contribution in [1.29, 1.82) is 0 Å². The average molecular weight is 330 g/mol. The van der Waals surface area contributed by atoms with Crippen LogP contribution in [0.2, 0.25) is 0 Å². The highest BCUT2D eigenvalue weighted by molar-refractivity contribution is 6.05. The summed E-state index contributed by atoms with van der Waals surface area (Å²) in [5.74, 6) is -2.50. The summed E-state index contributed by atoms with van der Waals surface area (Å²) in [7, 11) is 0. The van der Waals surface area contributed by atoms with Crippen LogP contribution in [0, 0.1) is 11.6 Å². The topological polar surface area (TPSA) is 49.4 Å². The fourth-order valence-electron chi connectivity index (χ4n) is 2.64. The van der Waals surface area contributed by atoms with E-state index in [0.29, 0.717) is 11.1 Å². The Morgan fingerprint density at radius 1 is 0.875 bits per heavy atom. The van der Waals surface area contributed by atoms with Crippen LogP contribution in [0.3, 0.4) is 0 Å². The molecule has 4 nitrogen and oxygen atoms in total. The highest BCUT2D eigenvalue weighted by Crippen LogP contribution is 2.16. The van der Waals surface area contributed by atoms with Gasteiger partial charge in [-0.3, -0.25) is 9.59 Å². The molecule has 0 atom stereocenters. The van der Waals surface area contributed by atoms with Gasteiger partial charge in [-0.15, -0.1) is 0 Å². The molecule has 2 aromatic carbocycles. The van der Waals surface area contributed by atoms with E-state index in [0.717, 1.165) is 38.1 Å². The third-order valence-corrected chi connectivity index (χ3v) is 3.96. The zero-order valence-electron chi connectivity index (χ0n) is 12.9. The molecule has 2 amide bonds. The van der Waals surface area contributed by atoms with Crippen LogP contribution in [-0.4, -0.2) is 29.8 Å². The molecule has 1 fully saturated rings. The number of amides is 2. The first-order valence-corrected chi connectivity index (χ1v) is 7.70. The fraction of sp³-hybridized carbons (Fsp3) is 0.222. The van der Waals surface area contributed by atoms with Crippen LogP contribution >= 0.6 is 0 Å². The van der Waals surface area contributed by atoms with Crippen molar-refractivity contribution in [2.75, 3.05) is 18.4 Å². The highest BCUT2D eigenvalue weighted by Gasteiger charge is 2.19. The predicted octanol–water partition coefficient (Wildman–Crippen LogP) is 3.45. The third kappa shape index (κ3) is 3.42. The lowest BCUT2D eigenvalue weighted by Crippen LogP contribution is -2.27. The minimum Gasteiger partial charge on any atom is -0.339 e. The number of nitrogens with zero attached hydrogens (tertiary/aromatic N) is 1. The number of hydrogen-bond acceptors (Lipinski definition) is 2. The van der Waals surface area contributed by atoms with Gasteiger partial charge < -0.3 is 10.2 Å². The number of anilines is 1. The van der Waals surface area contributed by atoms with Gasteiger partial charge in [0.2, 0.25) is 0 Å². The lowest BCUT2D eigenvalue weighted by Gasteiger charge is -2.15. The fourth-order valence-corrected chi connectivity index (χ4v) is 2.64. The first-order chi connectivity index (χ1) is 11.5. The van der Waals surface area contributed by atoms with Gasteiger partial charge in [-0.1, -0.05) is 0 Å². The van der Waals surface area contributed by atoms with Crippen molar-refractivity contribution >= 4 is 17.5 Å². The Kier molecular flexibility index (Phi) is 4.55. The van der Waals surface area contributed by atoms with Crippen molar-refractivity contribution in [3.05, 3.63) is 65.2 Å². The van der Waals surface area contributed by atoms with Crippen molar-refractivity contribution in [3.63, 3.8) is 0 Å². The average Bonchev–Trinajstić information content (AvgIpc) is 3.12. The predicted molar refractivity (Wildman–Crippen MR) is 85.9 cm³/mol. The molecule has 0 radical (unpaired) electrons. The summed E-state index contributed by atoms with van der Waals surface area (Å²) in [5, 5.41) is 2.49. The molecule has 6 heteroatoms. The highest BCUT2D eigenvalue weighted by atomic mass is 19.2. The van der Waals surface area contributed by atoms with Gasteiger partial charge in [-0.25, -0.2) is 8.78 Å². The molecule has 1 heterocycles. The minimum absolute atomic E-state index is 0.0416. The van der Waals surface area contributed by atoms with Gasteiger partial charge in [0.05, 0.1) is 0 Å². The van der Waals surface area contributed by atoms with E-state index in [9.17, 15) is 18.4 Å². The number of rotatable bonds is 3. The largest absolute Gasteiger partial charge is 0.339 e. The van der Waals surface area contributed by atoms with E-state index in [1.807, 2.05) is 0 Å². The Labute approximate surface area is 138 Å². The van der Waals surface area contributed by atoms with Crippen molar-refractivity contribution in [1.82, 2.24) is 4.90 Å². The summed E-state index contributed by atoms with van der Waals surface area (Å²) in [4.78, 5) is 26.1. The van der Waals surface area contributed by atoms with Gasteiger partial charge in [0.25, 0.3) is 11.8 Å². The zero-order chi connectivity index (χ0) is 17.1. The van der Waals surface area contributed by atoms with E-state index in [-0.39, 0.29) is 11.6 Å². The smallest absolute Gasteiger partial charge is 0.255 e. The second-order valence-corrected chi connectivity index (χ2v) is 5.66. The lowest BCUT2D eigenvalue weighted by atomic mass is 10.1. The Hall–Kier alpha value is -2.76. The van der Waals surface area contributed by atoms with Gasteiger partial charge in [0.1, 0.15) is 0 Å². The van der Waals surface area contributed by atoms with Crippen molar-refractivity contribution in [2.45, 2.75) is 12.8 Å². The van der Waals surface area contributed by atoms with Crippen LogP contribution in [0.5, 0.6) is 0 Å². The summed E-state index contributed by atoms with van der Waals surface area (Å²) < 4.78 is 26.0. The van der Waals surface area contributed by atoms with Crippen LogP contribution < -0.4 is 5.32 Å². The molecule has 0 saturated carbocycles. The van der Waals surface area contributed by atoms with E-state index in [1.165, 1.54) is 6.07 Å². The summed E-state index contributed by atoms with van der Waals surface area (Å²) >= 11 is 0. The van der Waals surface area contributed by atoms with Crippen molar-refractivity contribution in [2.24, 2.45) is 0 Å². The maximum atomic E-state index is 13.2. The van der Waals surface area contributed by atoms with Crippen LogP contribution in [0.25, 0.3) is 0 Å². The summed E-state index contributed by atoms with van der Waals surface area (Å²) in [6.07, 6.45) is 2.03. The Balaban J connectivity index is 1.69. The minimum atomic E-state index is -1.03.